The van der Waals surface area contributed by atoms with E-state index in [0.717, 1.165) is 0 Å². The molecular weight excluding hydrogens is 220 g/mol. The molecule has 7 heteroatoms. The van der Waals surface area contributed by atoms with Gasteiger partial charge >= 0.3 is 0 Å². The van der Waals surface area contributed by atoms with Crippen LogP contribution in [-0.2, 0) is 9.47 Å². The summed E-state index contributed by atoms with van der Waals surface area (Å²) in [5, 5.41) is 10.4. The van der Waals surface area contributed by atoms with Crippen molar-refractivity contribution in [1.29, 1.82) is 0 Å². The summed E-state index contributed by atoms with van der Waals surface area (Å²) in [6.07, 6.45) is 1.56. The van der Waals surface area contributed by atoms with Crippen LogP contribution in [0.5, 0.6) is 0 Å². The van der Waals surface area contributed by atoms with E-state index < -0.39 is 0 Å². The summed E-state index contributed by atoms with van der Waals surface area (Å²) in [6.45, 7) is 2.51. The third-order valence-corrected chi connectivity index (χ3v) is 2.09. The Morgan fingerprint density at radius 2 is 2.47 bits per heavy atom. The zero-order chi connectivity index (χ0) is 10.5. The van der Waals surface area contributed by atoms with Crippen molar-refractivity contribution in [3.63, 3.8) is 0 Å². The van der Waals surface area contributed by atoms with E-state index in [1.165, 1.54) is 6.20 Å². The third kappa shape index (κ3) is 3.26. The van der Waals surface area contributed by atoms with Gasteiger partial charge in [0.25, 0.3) is 0 Å². The second-order valence-electron chi connectivity index (χ2n) is 3.06. The SMILES string of the molecule is Clc1nncc(NCC2COCCO2)n1. The molecule has 1 aromatic heterocycles. The molecule has 1 fully saturated rings. The summed E-state index contributed by atoms with van der Waals surface area (Å²) in [5.74, 6) is 0.587. The van der Waals surface area contributed by atoms with Gasteiger partial charge in [0.1, 0.15) is 5.82 Å². The maximum absolute atomic E-state index is 5.59. The molecule has 1 aliphatic heterocycles. The fourth-order valence-corrected chi connectivity index (χ4v) is 1.37. The first-order chi connectivity index (χ1) is 7.34. The van der Waals surface area contributed by atoms with Crippen molar-refractivity contribution < 1.29 is 9.47 Å². The molecule has 1 saturated heterocycles. The van der Waals surface area contributed by atoms with Gasteiger partial charge in [-0.1, -0.05) is 0 Å². The highest BCUT2D eigenvalue weighted by Crippen LogP contribution is 2.06. The lowest BCUT2D eigenvalue weighted by Crippen LogP contribution is -2.34. The smallest absolute Gasteiger partial charge is 0.244 e. The lowest BCUT2D eigenvalue weighted by atomic mass is 10.3. The Balaban J connectivity index is 1.81. The Morgan fingerprint density at radius 1 is 1.53 bits per heavy atom. The average molecular weight is 231 g/mol. The molecule has 6 nitrogen and oxygen atoms in total. The van der Waals surface area contributed by atoms with Gasteiger partial charge in [0.15, 0.2) is 0 Å². The zero-order valence-electron chi connectivity index (χ0n) is 8.02. The highest BCUT2D eigenvalue weighted by atomic mass is 35.5. The van der Waals surface area contributed by atoms with Crippen molar-refractivity contribution in [3.8, 4) is 0 Å². The first kappa shape index (κ1) is 10.5. The summed E-state index contributed by atoms with van der Waals surface area (Å²) in [7, 11) is 0. The molecule has 2 rings (SSSR count). The number of nitrogens with one attached hydrogen (secondary N) is 1. The molecule has 1 atom stereocenters. The zero-order valence-corrected chi connectivity index (χ0v) is 8.78. The number of rotatable bonds is 3. The Morgan fingerprint density at radius 3 is 3.20 bits per heavy atom. The molecule has 2 heterocycles. The Labute approximate surface area is 92.0 Å². The molecule has 0 aromatic carbocycles. The van der Waals surface area contributed by atoms with Crippen molar-refractivity contribution in [3.05, 3.63) is 11.5 Å². The van der Waals surface area contributed by atoms with Crippen LogP contribution in [0.2, 0.25) is 5.28 Å². The van der Waals surface area contributed by atoms with E-state index in [2.05, 4.69) is 20.5 Å². The van der Waals surface area contributed by atoms with Crippen LogP contribution in [-0.4, -0.2) is 47.7 Å². The quantitative estimate of drug-likeness (QED) is 0.808. The van der Waals surface area contributed by atoms with Gasteiger partial charge in [-0.25, -0.2) is 0 Å². The van der Waals surface area contributed by atoms with Gasteiger partial charge in [-0.15, -0.1) is 5.10 Å². The molecule has 1 aromatic rings. The van der Waals surface area contributed by atoms with E-state index in [9.17, 15) is 0 Å². The maximum Gasteiger partial charge on any atom is 0.244 e. The van der Waals surface area contributed by atoms with Gasteiger partial charge in [-0.2, -0.15) is 10.1 Å². The van der Waals surface area contributed by atoms with Crippen LogP contribution < -0.4 is 5.32 Å². The van der Waals surface area contributed by atoms with Gasteiger partial charge in [-0.05, 0) is 11.6 Å². The van der Waals surface area contributed by atoms with Gasteiger partial charge in [0.05, 0.1) is 32.1 Å². The standard InChI is InChI=1S/C8H11ClN4O2/c9-8-12-7(4-11-13-8)10-3-6-5-14-1-2-15-6/h4,6H,1-3,5H2,(H,10,12,13). The van der Waals surface area contributed by atoms with E-state index >= 15 is 0 Å². The highest BCUT2D eigenvalue weighted by Gasteiger charge is 2.13. The number of aromatic nitrogens is 3. The molecule has 1 N–H and O–H groups in total. The fraction of sp³-hybridized carbons (Fsp3) is 0.625. The summed E-state index contributed by atoms with van der Waals surface area (Å²) >= 11 is 5.59. The predicted octanol–water partition coefficient (Wildman–Crippen LogP) is 0.352. The predicted molar refractivity (Wildman–Crippen MR) is 53.9 cm³/mol. The molecule has 0 aliphatic carbocycles. The van der Waals surface area contributed by atoms with Crippen molar-refractivity contribution in [2.75, 3.05) is 31.7 Å². The molecule has 1 aliphatic rings. The highest BCUT2D eigenvalue weighted by molar-refractivity contribution is 6.28. The van der Waals surface area contributed by atoms with E-state index in [1.807, 2.05) is 0 Å². The van der Waals surface area contributed by atoms with Gasteiger partial charge in [-0.3, -0.25) is 0 Å². The van der Waals surface area contributed by atoms with Crippen LogP contribution in [0.1, 0.15) is 0 Å². The van der Waals surface area contributed by atoms with Crippen molar-refractivity contribution in [1.82, 2.24) is 15.2 Å². The number of anilines is 1. The lowest BCUT2D eigenvalue weighted by molar-refractivity contribution is -0.0819. The van der Waals surface area contributed by atoms with Crippen LogP contribution in [0.25, 0.3) is 0 Å². The minimum absolute atomic E-state index is 0.0486. The van der Waals surface area contributed by atoms with Gasteiger partial charge < -0.3 is 14.8 Å². The first-order valence-electron chi connectivity index (χ1n) is 4.63. The minimum atomic E-state index is 0.0486. The van der Waals surface area contributed by atoms with Crippen LogP contribution in [0.3, 0.4) is 0 Å². The topological polar surface area (TPSA) is 69.2 Å². The summed E-state index contributed by atoms with van der Waals surface area (Å²) in [5.41, 5.74) is 0. The van der Waals surface area contributed by atoms with Crippen molar-refractivity contribution >= 4 is 17.4 Å². The number of hydrogen-bond acceptors (Lipinski definition) is 6. The fourth-order valence-electron chi connectivity index (χ4n) is 1.24. The summed E-state index contributed by atoms with van der Waals surface area (Å²) < 4.78 is 10.7. The van der Waals surface area contributed by atoms with Crippen LogP contribution in [0.4, 0.5) is 5.82 Å². The Bertz CT molecular complexity index is 319. The van der Waals surface area contributed by atoms with E-state index in [0.29, 0.717) is 32.2 Å². The Kier molecular flexibility index (Phi) is 3.65. The molecule has 82 valence electrons. The molecule has 0 spiro atoms. The number of halogens is 1. The monoisotopic (exact) mass is 230 g/mol. The molecule has 1 unspecified atom stereocenters. The normalized spacial score (nSPS) is 21.3. The molecule has 0 saturated carbocycles. The van der Waals surface area contributed by atoms with E-state index in [-0.39, 0.29) is 11.4 Å². The largest absolute Gasteiger partial charge is 0.376 e. The van der Waals surface area contributed by atoms with Crippen LogP contribution in [0, 0.1) is 0 Å². The average Bonchev–Trinajstić information content (AvgIpc) is 2.28. The van der Waals surface area contributed by atoms with Crippen LogP contribution in [0.15, 0.2) is 6.20 Å². The number of nitrogens with zero attached hydrogens (tertiary/aromatic N) is 3. The third-order valence-electron chi connectivity index (χ3n) is 1.93. The molecule has 15 heavy (non-hydrogen) atoms. The van der Waals surface area contributed by atoms with Gasteiger partial charge in [0.2, 0.25) is 5.28 Å². The lowest BCUT2D eigenvalue weighted by Gasteiger charge is -2.23. The van der Waals surface area contributed by atoms with Crippen LogP contribution >= 0.6 is 11.6 Å². The van der Waals surface area contributed by atoms with Gasteiger partial charge in [0, 0.05) is 6.54 Å². The molecule has 0 bridgehead atoms. The minimum Gasteiger partial charge on any atom is -0.376 e. The molecule has 0 radical (unpaired) electrons. The number of hydrogen-bond donors (Lipinski definition) is 1. The van der Waals surface area contributed by atoms with Crippen molar-refractivity contribution in [2.45, 2.75) is 6.10 Å². The molecular formula is C8H11ClN4O2. The summed E-state index contributed by atoms with van der Waals surface area (Å²) in [6, 6.07) is 0. The maximum atomic E-state index is 5.59. The number of ether oxygens (including phenoxy) is 2. The second-order valence-corrected chi connectivity index (χ2v) is 3.40. The van der Waals surface area contributed by atoms with E-state index in [4.69, 9.17) is 21.1 Å². The van der Waals surface area contributed by atoms with Crippen molar-refractivity contribution in [2.24, 2.45) is 0 Å². The Hall–Kier alpha value is -0.980. The first-order valence-corrected chi connectivity index (χ1v) is 5.01. The van der Waals surface area contributed by atoms with E-state index in [1.54, 1.807) is 0 Å². The second kappa shape index (κ2) is 5.20. The molecule has 0 amide bonds. The summed E-state index contributed by atoms with van der Waals surface area (Å²) in [4.78, 5) is 3.94.